The number of rotatable bonds is 10. The number of amides is 1. The third-order valence-corrected chi connectivity index (χ3v) is 4.25. The lowest BCUT2D eigenvalue weighted by Crippen LogP contribution is -2.26. The number of ether oxygens (including phenoxy) is 2. The number of hydrogen-bond donors (Lipinski definition) is 1. The lowest BCUT2D eigenvalue weighted by Gasteiger charge is -2.13. The molecular formula is C19H22F2N2O3S. The lowest BCUT2D eigenvalue weighted by atomic mass is 10.1. The maximum atomic E-state index is 12.6. The number of hydrogen-bond acceptors (Lipinski definition) is 5. The van der Waals surface area contributed by atoms with Gasteiger partial charge < -0.3 is 14.8 Å². The van der Waals surface area contributed by atoms with E-state index >= 15 is 0 Å². The van der Waals surface area contributed by atoms with Crippen LogP contribution in [0.4, 0.5) is 8.78 Å². The molecule has 0 aliphatic rings. The van der Waals surface area contributed by atoms with Crippen LogP contribution in [-0.2, 0) is 6.42 Å². The summed E-state index contributed by atoms with van der Waals surface area (Å²) in [4.78, 5) is 16.1. The Bertz CT molecular complexity index is 759. The third-order valence-electron chi connectivity index (χ3n) is 3.52. The standard InChI is InChI=1S/C19H22F2N2O3S/c1-3-25-15-8-7-13(12-16(15)26-4-2)9-11-22-17(24)14-6-5-10-23-18(14)27-19(20)21/h5-8,10,12,19H,3-4,9,11H2,1-2H3,(H,22,24). The van der Waals surface area contributed by atoms with Gasteiger partial charge in [0.1, 0.15) is 5.03 Å². The first-order chi connectivity index (χ1) is 13.0. The average Bonchev–Trinajstić information content (AvgIpc) is 2.64. The van der Waals surface area contributed by atoms with Crippen molar-refractivity contribution in [2.75, 3.05) is 19.8 Å². The molecule has 8 heteroatoms. The molecule has 1 N–H and O–H groups in total. The van der Waals surface area contributed by atoms with Crippen LogP contribution in [0.1, 0.15) is 29.8 Å². The number of halogens is 2. The van der Waals surface area contributed by atoms with Crippen molar-refractivity contribution in [3.05, 3.63) is 47.7 Å². The SMILES string of the molecule is CCOc1ccc(CCNC(=O)c2cccnc2SC(F)F)cc1OCC. The molecule has 0 aliphatic heterocycles. The first kappa shape index (κ1) is 21.0. The minimum atomic E-state index is -2.63. The Hall–Kier alpha value is -2.35. The predicted molar refractivity (Wildman–Crippen MR) is 101 cm³/mol. The summed E-state index contributed by atoms with van der Waals surface area (Å²) in [6, 6.07) is 8.65. The van der Waals surface area contributed by atoms with E-state index < -0.39 is 11.7 Å². The fourth-order valence-corrected chi connectivity index (χ4v) is 2.99. The molecule has 1 aromatic carbocycles. The van der Waals surface area contributed by atoms with Gasteiger partial charge in [-0.15, -0.1) is 0 Å². The van der Waals surface area contributed by atoms with Gasteiger partial charge in [0.05, 0.1) is 18.8 Å². The summed E-state index contributed by atoms with van der Waals surface area (Å²) in [6.07, 6.45) is 1.95. The number of nitrogens with one attached hydrogen (secondary N) is 1. The Morgan fingerprint density at radius 2 is 1.93 bits per heavy atom. The molecule has 0 unspecified atom stereocenters. The smallest absolute Gasteiger partial charge is 0.290 e. The zero-order valence-electron chi connectivity index (χ0n) is 15.2. The highest BCUT2D eigenvalue weighted by molar-refractivity contribution is 7.99. The van der Waals surface area contributed by atoms with Crippen molar-refractivity contribution in [3.8, 4) is 11.5 Å². The van der Waals surface area contributed by atoms with Crippen molar-refractivity contribution in [1.82, 2.24) is 10.3 Å². The molecule has 1 amide bonds. The first-order valence-electron chi connectivity index (χ1n) is 8.61. The molecule has 0 bridgehead atoms. The fraction of sp³-hybridized carbons (Fsp3) is 0.368. The highest BCUT2D eigenvalue weighted by Crippen LogP contribution is 2.29. The van der Waals surface area contributed by atoms with Crippen molar-refractivity contribution >= 4 is 17.7 Å². The normalized spacial score (nSPS) is 10.7. The van der Waals surface area contributed by atoms with Crippen LogP contribution in [0.25, 0.3) is 0 Å². The van der Waals surface area contributed by atoms with E-state index in [4.69, 9.17) is 9.47 Å². The van der Waals surface area contributed by atoms with E-state index in [0.717, 1.165) is 5.56 Å². The van der Waals surface area contributed by atoms with Crippen LogP contribution >= 0.6 is 11.8 Å². The quantitative estimate of drug-likeness (QED) is 0.611. The van der Waals surface area contributed by atoms with Gasteiger partial charge in [-0.25, -0.2) is 4.98 Å². The molecule has 0 radical (unpaired) electrons. The summed E-state index contributed by atoms with van der Waals surface area (Å²) in [5.74, 6) is -1.73. The monoisotopic (exact) mass is 396 g/mol. The van der Waals surface area contributed by atoms with Crippen molar-refractivity contribution in [1.29, 1.82) is 0 Å². The number of nitrogens with zero attached hydrogens (tertiary/aromatic N) is 1. The maximum Gasteiger partial charge on any atom is 0.290 e. The van der Waals surface area contributed by atoms with Crippen LogP contribution in [0.15, 0.2) is 41.6 Å². The third kappa shape index (κ3) is 6.39. The molecule has 0 saturated heterocycles. The van der Waals surface area contributed by atoms with E-state index in [0.29, 0.717) is 37.7 Å². The van der Waals surface area contributed by atoms with Crippen LogP contribution in [0.5, 0.6) is 11.5 Å². The average molecular weight is 396 g/mol. The summed E-state index contributed by atoms with van der Waals surface area (Å²) in [6.45, 7) is 5.21. The zero-order chi connectivity index (χ0) is 19.6. The van der Waals surface area contributed by atoms with Gasteiger partial charge in [0.2, 0.25) is 0 Å². The van der Waals surface area contributed by atoms with Gasteiger partial charge in [-0.3, -0.25) is 4.79 Å². The summed E-state index contributed by atoms with van der Waals surface area (Å²) in [7, 11) is 0. The van der Waals surface area contributed by atoms with Crippen molar-refractivity contribution < 1.29 is 23.0 Å². The number of alkyl halides is 2. The highest BCUT2D eigenvalue weighted by Gasteiger charge is 2.16. The molecule has 0 aliphatic carbocycles. The molecule has 2 rings (SSSR count). The van der Waals surface area contributed by atoms with Crippen LogP contribution in [-0.4, -0.2) is 36.4 Å². The summed E-state index contributed by atoms with van der Waals surface area (Å²) < 4.78 is 36.3. The molecule has 2 aromatic rings. The first-order valence-corrected chi connectivity index (χ1v) is 9.49. The van der Waals surface area contributed by atoms with Crippen molar-refractivity contribution in [2.45, 2.75) is 31.1 Å². The van der Waals surface area contributed by atoms with Gasteiger partial charge in [0.25, 0.3) is 11.7 Å². The van der Waals surface area contributed by atoms with E-state index in [2.05, 4.69) is 10.3 Å². The van der Waals surface area contributed by atoms with Gasteiger partial charge in [0.15, 0.2) is 11.5 Å². The molecule has 1 aromatic heterocycles. The minimum Gasteiger partial charge on any atom is -0.490 e. The van der Waals surface area contributed by atoms with E-state index in [1.54, 1.807) is 6.07 Å². The minimum absolute atomic E-state index is 0.0182. The molecule has 27 heavy (non-hydrogen) atoms. The summed E-state index contributed by atoms with van der Waals surface area (Å²) >= 11 is 0.261. The fourth-order valence-electron chi connectivity index (χ4n) is 2.41. The van der Waals surface area contributed by atoms with Crippen LogP contribution in [0.3, 0.4) is 0 Å². The number of carbonyl (C=O) groups excluding carboxylic acids is 1. The number of benzene rings is 1. The largest absolute Gasteiger partial charge is 0.490 e. The predicted octanol–water partition coefficient (Wildman–Crippen LogP) is 4.17. The Morgan fingerprint density at radius 1 is 1.19 bits per heavy atom. The second kappa shape index (κ2) is 10.7. The summed E-state index contributed by atoms with van der Waals surface area (Å²) in [5.41, 5.74) is 1.11. The topological polar surface area (TPSA) is 60.5 Å². The molecule has 0 saturated carbocycles. The molecule has 5 nitrogen and oxygen atoms in total. The van der Waals surface area contributed by atoms with E-state index in [1.165, 1.54) is 12.3 Å². The molecule has 0 fully saturated rings. The molecule has 0 atom stereocenters. The number of aromatic nitrogens is 1. The Balaban J connectivity index is 1.98. The van der Waals surface area contributed by atoms with Crippen LogP contribution < -0.4 is 14.8 Å². The van der Waals surface area contributed by atoms with Gasteiger partial charge in [0, 0.05) is 12.7 Å². The van der Waals surface area contributed by atoms with E-state index in [1.807, 2.05) is 32.0 Å². The van der Waals surface area contributed by atoms with Gasteiger partial charge in [-0.1, -0.05) is 6.07 Å². The Morgan fingerprint density at radius 3 is 2.63 bits per heavy atom. The molecular weight excluding hydrogens is 374 g/mol. The molecule has 0 spiro atoms. The van der Waals surface area contributed by atoms with E-state index in [-0.39, 0.29) is 22.4 Å². The lowest BCUT2D eigenvalue weighted by molar-refractivity contribution is 0.0950. The van der Waals surface area contributed by atoms with Crippen LogP contribution in [0.2, 0.25) is 0 Å². The number of pyridine rings is 1. The van der Waals surface area contributed by atoms with E-state index in [9.17, 15) is 13.6 Å². The Labute approximate surface area is 161 Å². The maximum absolute atomic E-state index is 12.6. The zero-order valence-corrected chi connectivity index (χ0v) is 16.0. The highest BCUT2D eigenvalue weighted by atomic mass is 32.2. The van der Waals surface area contributed by atoms with Gasteiger partial charge in [-0.2, -0.15) is 8.78 Å². The van der Waals surface area contributed by atoms with Crippen molar-refractivity contribution in [3.63, 3.8) is 0 Å². The van der Waals surface area contributed by atoms with Crippen LogP contribution in [0, 0.1) is 0 Å². The second-order valence-electron chi connectivity index (χ2n) is 5.39. The number of thioether (sulfide) groups is 1. The Kier molecular flexibility index (Phi) is 8.32. The van der Waals surface area contributed by atoms with Crippen molar-refractivity contribution in [2.24, 2.45) is 0 Å². The van der Waals surface area contributed by atoms with Gasteiger partial charge >= 0.3 is 0 Å². The number of carbonyl (C=O) groups is 1. The summed E-state index contributed by atoms with van der Waals surface area (Å²) in [5, 5.41) is 2.76. The molecule has 146 valence electrons. The van der Waals surface area contributed by atoms with Gasteiger partial charge in [-0.05, 0) is 61.9 Å². The molecule has 1 heterocycles. The second-order valence-corrected chi connectivity index (χ2v) is 6.37.